The molecule has 2 unspecified atom stereocenters. The first kappa shape index (κ1) is 22.4. The molecule has 1 aliphatic heterocycles. The van der Waals surface area contributed by atoms with Crippen molar-refractivity contribution in [1.29, 1.82) is 0 Å². The molecule has 0 bridgehead atoms. The minimum absolute atomic E-state index is 0.0942. The second-order valence-electron chi connectivity index (χ2n) is 8.73. The SMILES string of the molecule is CCCc1ccc(OCC2CCC(C3CCC(C)OC3)CC2)c(C(F)(F)F)c1F. The molecule has 1 aliphatic carbocycles. The van der Waals surface area contributed by atoms with E-state index in [0.29, 0.717) is 24.4 Å². The summed E-state index contributed by atoms with van der Waals surface area (Å²) in [6.07, 6.45) is 2.76. The maximum absolute atomic E-state index is 14.5. The predicted molar refractivity (Wildman–Crippen MR) is 104 cm³/mol. The van der Waals surface area contributed by atoms with Crippen molar-refractivity contribution >= 4 is 0 Å². The van der Waals surface area contributed by atoms with Gasteiger partial charge in [-0.05, 0) is 81.3 Å². The standard InChI is InChI=1S/C23H32F4O2/c1-3-4-18-11-12-20(21(22(18)24)23(25,26)27)29-13-16-6-9-17(10-7-16)19-8-5-15(2)28-14-19/h11-12,15-17,19H,3-10,13-14H2,1-2H3. The molecule has 164 valence electrons. The van der Waals surface area contributed by atoms with Gasteiger partial charge in [0.1, 0.15) is 17.1 Å². The third-order valence-electron chi connectivity index (χ3n) is 6.56. The van der Waals surface area contributed by atoms with Gasteiger partial charge in [-0.25, -0.2) is 4.39 Å². The first-order valence-electron chi connectivity index (χ1n) is 10.9. The number of hydrogen-bond acceptors (Lipinski definition) is 2. The predicted octanol–water partition coefficient (Wildman–Crippen LogP) is 6.80. The lowest BCUT2D eigenvalue weighted by Gasteiger charge is -2.37. The normalized spacial score (nSPS) is 28.3. The maximum Gasteiger partial charge on any atom is 0.422 e. The van der Waals surface area contributed by atoms with E-state index in [-0.39, 0.29) is 30.3 Å². The molecule has 0 N–H and O–H groups in total. The zero-order valence-electron chi connectivity index (χ0n) is 17.4. The van der Waals surface area contributed by atoms with Crippen LogP contribution in [-0.4, -0.2) is 19.3 Å². The lowest BCUT2D eigenvalue weighted by Crippen LogP contribution is -2.32. The average molecular weight is 416 g/mol. The molecule has 1 heterocycles. The van der Waals surface area contributed by atoms with E-state index in [1.165, 1.54) is 18.6 Å². The largest absolute Gasteiger partial charge is 0.493 e. The molecule has 1 saturated carbocycles. The smallest absolute Gasteiger partial charge is 0.422 e. The number of aryl methyl sites for hydroxylation is 1. The summed E-state index contributed by atoms with van der Waals surface area (Å²) in [6.45, 7) is 4.96. The number of alkyl halides is 3. The molecule has 1 aromatic carbocycles. The van der Waals surface area contributed by atoms with E-state index in [2.05, 4.69) is 6.92 Å². The van der Waals surface area contributed by atoms with E-state index in [1.807, 2.05) is 6.92 Å². The molecule has 2 fully saturated rings. The summed E-state index contributed by atoms with van der Waals surface area (Å²) in [7, 11) is 0. The molecule has 6 heteroatoms. The Labute approximate surface area is 171 Å². The van der Waals surface area contributed by atoms with Crippen LogP contribution in [-0.2, 0) is 17.3 Å². The molecule has 3 rings (SSSR count). The zero-order chi connectivity index (χ0) is 21.0. The third-order valence-corrected chi connectivity index (χ3v) is 6.56. The summed E-state index contributed by atoms with van der Waals surface area (Å²) in [5.74, 6) is -0.117. The van der Waals surface area contributed by atoms with Crippen molar-refractivity contribution in [1.82, 2.24) is 0 Å². The molecule has 0 amide bonds. The van der Waals surface area contributed by atoms with Crippen LogP contribution < -0.4 is 4.74 Å². The Balaban J connectivity index is 1.57. The van der Waals surface area contributed by atoms with E-state index in [0.717, 1.165) is 38.7 Å². The van der Waals surface area contributed by atoms with Gasteiger partial charge in [0.2, 0.25) is 0 Å². The summed E-state index contributed by atoms with van der Waals surface area (Å²) in [4.78, 5) is 0. The number of hydrogen-bond donors (Lipinski definition) is 0. The number of halogens is 4. The summed E-state index contributed by atoms with van der Waals surface area (Å²) >= 11 is 0. The second kappa shape index (κ2) is 9.67. The van der Waals surface area contributed by atoms with Crippen molar-refractivity contribution in [2.45, 2.75) is 77.5 Å². The lowest BCUT2D eigenvalue weighted by molar-refractivity contribution is -0.141. The van der Waals surface area contributed by atoms with Crippen molar-refractivity contribution in [2.75, 3.05) is 13.2 Å². The molecule has 29 heavy (non-hydrogen) atoms. The third kappa shape index (κ3) is 5.65. The Kier molecular flexibility index (Phi) is 7.47. The van der Waals surface area contributed by atoms with Crippen LogP contribution in [0.5, 0.6) is 5.75 Å². The van der Waals surface area contributed by atoms with Gasteiger partial charge in [-0.1, -0.05) is 19.4 Å². The van der Waals surface area contributed by atoms with Crippen LogP contribution >= 0.6 is 0 Å². The summed E-state index contributed by atoms with van der Waals surface area (Å²) < 4.78 is 66.1. The molecule has 2 aliphatic rings. The fraction of sp³-hybridized carbons (Fsp3) is 0.739. The Morgan fingerprint density at radius 2 is 1.72 bits per heavy atom. The minimum atomic E-state index is -4.76. The van der Waals surface area contributed by atoms with Crippen LogP contribution in [0.15, 0.2) is 12.1 Å². The highest BCUT2D eigenvalue weighted by molar-refractivity contribution is 5.41. The van der Waals surface area contributed by atoms with Crippen molar-refractivity contribution in [3.63, 3.8) is 0 Å². The van der Waals surface area contributed by atoms with Crippen molar-refractivity contribution in [3.8, 4) is 5.75 Å². The first-order valence-corrected chi connectivity index (χ1v) is 10.9. The van der Waals surface area contributed by atoms with Crippen LogP contribution in [0.4, 0.5) is 17.6 Å². The topological polar surface area (TPSA) is 18.5 Å². The Bertz CT molecular complexity index is 658. The van der Waals surface area contributed by atoms with Gasteiger partial charge in [-0.2, -0.15) is 13.2 Å². The van der Waals surface area contributed by atoms with E-state index < -0.39 is 17.6 Å². The van der Waals surface area contributed by atoms with Gasteiger partial charge in [0.05, 0.1) is 19.3 Å². The molecule has 0 radical (unpaired) electrons. The highest BCUT2D eigenvalue weighted by Gasteiger charge is 2.39. The van der Waals surface area contributed by atoms with Crippen molar-refractivity contribution in [2.24, 2.45) is 17.8 Å². The molecule has 1 aromatic rings. The van der Waals surface area contributed by atoms with Crippen molar-refractivity contribution in [3.05, 3.63) is 29.1 Å². The van der Waals surface area contributed by atoms with Crippen LogP contribution in [0, 0.1) is 23.6 Å². The molecule has 0 aromatic heterocycles. The van der Waals surface area contributed by atoms with Gasteiger partial charge in [-0.3, -0.25) is 0 Å². The summed E-state index contributed by atoms with van der Waals surface area (Å²) in [5.41, 5.74) is -1.16. The van der Waals surface area contributed by atoms with E-state index in [9.17, 15) is 17.6 Å². The Hall–Kier alpha value is -1.30. The average Bonchev–Trinajstić information content (AvgIpc) is 2.68. The van der Waals surface area contributed by atoms with Crippen LogP contribution in [0.2, 0.25) is 0 Å². The van der Waals surface area contributed by atoms with Gasteiger partial charge >= 0.3 is 6.18 Å². The van der Waals surface area contributed by atoms with Gasteiger partial charge in [0.15, 0.2) is 0 Å². The van der Waals surface area contributed by atoms with Crippen LogP contribution in [0.1, 0.15) is 69.9 Å². The number of rotatable bonds is 6. The molecule has 1 saturated heterocycles. The summed E-state index contributed by atoms with van der Waals surface area (Å²) in [5, 5.41) is 0. The highest BCUT2D eigenvalue weighted by Crippen LogP contribution is 2.41. The second-order valence-corrected chi connectivity index (χ2v) is 8.73. The van der Waals surface area contributed by atoms with Gasteiger partial charge in [0, 0.05) is 0 Å². The van der Waals surface area contributed by atoms with Gasteiger partial charge in [0.25, 0.3) is 0 Å². The maximum atomic E-state index is 14.5. The zero-order valence-corrected chi connectivity index (χ0v) is 17.4. The quantitative estimate of drug-likeness (QED) is 0.475. The Morgan fingerprint density at radius 3 is 2.31 bits per heavy atom. The first-order chi connectivity index (χ1) is 13.8. The fourth-order valence-electron chi connectivity index (χ4n) is 4.76. The molecular weight excluding hydrogens is 384 g/mol. The molecular formula is C23H32F4O2. The van der Waals surface area contributed by atoms with Crippen LogP contribution in [0.25, 0.3) is 0 Å². The molecule has 2 nitrogen and oxygen atoms in total. The minimum Gasteiger partial charge on any atom is -0.493 e. The monoisotopic (exact) mass is 416 g/mol. The Morgan fingerprint density at radius 1 is 1.03 bits per heavy atom. The van der Waals surface area contributed by atoms with Gasteiger partial charge < -0.3 is 9.47 Å². The van der Waals surface area contributed by atoms with Gasteiger partial charge in [-0.15, -0.1) is 0 Å². The number of benzene rings is 1. The van der Waals surface area contributed by atoms with E-state index in [1.54, 1.807) is 0 Å². The van der Waals surface area contributed by atoms with E-state index in [4.69, 9.17) is 9.47 Å². The number of ether oxygens (including phenoxy) is 2. The molecule has 0 spiro atoms. The van der Waals surface area contributed by atoms with Crippen LogP contribution in [0.3, 0.4) is 0 Å². The molecule has 2 atom stereocenters. The highest BCUT2D eigenvalue weighted by atomic mass is 19.4. The van der Waals surface area contributed by atoms with E-state index >= 15 is 0 Å². The van der Waals surface area contributed by atoms with Crippen molar-refractivity contribution < 1.29 is 27.0 Å². The lowest BCUT2D eigenvalue weighted by atomic mass is 9.74. The summed E-state index contributed by atoms with van der Waals surface area (Å²) in [6, 6.07) is 2.70. The fourth-order valence-corrected chi connectivity index (χ4v) is 4.76.